The van der Waals surface area contributed by atoms with Gasteiger partial charge in [0.2, 0.25) is 5.79 Å². The average molecular weight is 990 g/mol. The van der Waals surface area contributed by atoms with Crippen LogP contribution in [0.15, 0.2) is 47.6 Å². The van der Waals surface area contributed by atoms with Crippen molar-refractivity contribution in [3.05, 3.63) is 47.6 Å². The first kappa shape index (κ1) is 58.4. The number of fused-ring (bicyclic) bond motifs is 3. The Kier molecular flexibility index (Phi) is 22.5. The van der Waals surface area contributed by atoms with Crippen LogP contribution in [0.25, 0.3) is 0 Å². The molecular weight excluding hydrogens is 906 g/mol. The van der Waals surface area contributed by atoms with Gasteiger partial charge in [-0.25, -0.2) is 4.79 Å². The zero-order valence-corrected chi connectivity index (χ0v) is 44.3. The highest BCUT2D eigenvalue weighted by Gasteiger charge is 2.53. The summed E-state index contributed by atoms with van der Waals surface area (Å²) in [4.78, 5) is 72.2. The fraction of sp³-hybridized carbons (Fsp3) is 0.755. The number of carbonyl (C=O) groups is 5. The van der Waals surface area contributed by atoms with E-state index in [9.17, 15) is 38.8 Å². The number of methoxy groups -OCH3 is 3. The first-order valence-electron chi connectivity index (χ1n) is 25.2. The number of amides is 1. The average Bonchev–Trinajstić information content (AvgIpc) is 3.30. The summed E-state index contributed by atoms with van der Waals surface area (Å²) in [6, 6.07) is -1.16. The van der Waals surface area contributed by atoms with Crippen LogP contribution >= 0.6 is 7.37 Å². The van der Waals surface area contributed by atoms with Crippen LogP contribution in [0.2, 0.25) is 0 Å². The maximum Gasteiger partial charge on any atom is 0.329 e. The van der Waals surface area contributed by atoms with Crippen LogP contribution in [0.4, 0.5) is 0 Å². The van der Waals surface area contributed by atoms with Crippen LogP contribution in [-0.4, -0.2) is 140 Å². The van der Waals surface area contributed by atoms with E-state index >= 15 is 0 Å². The predicted molar refractivity (Wildman–Crippen MR) is 263 cm³/mol. The Morgan fingerprint density at radius 2 is 1.57 bits per heavy atom. The lowest BCUT2D eigenvalue weighted by Crippen LogP contribution is -2.61. The van der Waals surface area contributed by atoms with Gasteiger partial charge >= 0.3 is 5.97 Å². The van der Waals surface area contributed by atoms with Gasteiger partial charge in [0.25, 0.3) is 11.7 Å². The van der Waals surface area contributed by atoms with Crippen LogP contribution in [0, 0.1) is 35.5 Å². The van der Waals surface area contributed by atoms with Crippen molar-refractivity contribution in [1.29, 1.82) is 0 Å². The van der Waals surface area contributed by atoms with Crippen molar-refractivity contribution in [3.63, 3.8) is 0 Å². The van der Waals surface area contributed by atoms with E-state index in [1.54, 1.807) is 54.4 Å². The highest BCUT2D eigenvalue weighted by Crippen LogP contribution is 2.45. The van der Waals surface area contributed by atoms with Gasteiger partial charge in [0.1, 0.15) is 30.1 Å². The monoisotopic (exact) mass is 990 g/mol. The molecule has 2 N–H and O–H groups in total. The lowest BCUT2D eigenvalue weighted by Gasteiger charge is -2.42. The summed E-state index contributed by atoms with van der Waals surface area (Å²) in [5, 5.41) is 23.5. The van der Waals surface area contributed by atoms with Crippen molar-refractivity contribution in [3.8, 4) is 0 Å². The maximum absolute atomic E-state index is 14.5. The van der Waals surface area contributed by atoms with Crippen molar-refractivity contribution in [2.24, 2.45) is 35.5 Å². The Labute approximate surface area is 411 Å². The molecule has 0 aromatic carbocycles. The molecule has 15 atom stereocenters. The van der Waals surface area contributed by atoms with E-state index in [2.05, 4.69) is 0 Å². The normalized spacial score (nSPS) is 36.6. The number of ether oxygens (including phenoxy) is 5. The number of aliphatic hydroxyl groups excluding tert-OH is 1. The topological polar surface area (TPSA) is 201 Å². The number of allylic oxidation sites excluding steroid dienone is 6. The molecule has 3 fully saturated rings. The van der Waals surface area contributed by atoms with Gasteiger partial charge in [-0.15, -0.1) is 0 Å². The van der Waals surface area contributed by atoms with E-state index in [1.807, 2.05) is 58.1 Å². The van der Waals surface area contributed by atoms with Crippen molar-refractivity contribution >= 4 is 36.6 Å². The summed E-state index contributed by atoms with van der Waals surface area (Å²) in [5.41, 5.74) is 1.25. The Morgan fingerprint density at radius 3 is 2.22 bits per heavy atom. The zero-order chi connectivity index (χ0) is 51.4. The van der Waals surface area contributed by atoms with Crippen molar-refractivity contribution in [2.45, 2.75) is 180 Å². The Hall–Kier alpha value is -3.14. The minimum absolute atomic E-state index is 0.0117. The molecule has 390 valence electrons. The largest absolute Gasteiger partial charge is 0.460 e. The van der Waals surface area contributed by atoms with Crippen LogP contribution in [0.1, 0.15) is 126 Å². The first-order valence-corrected chi connectivity index (χ1v) is 27.7. The fourth-order valence-corrected chi connectivity index (χ4v) is 11.4. The molecule has 1 saturated carbocycles. The van der Waals surface area contributed by atoms with Gasteiger partial charge in [0, 0.05) is 71.8 Å². The second-order valence-electron chi connectivity index (χ2n) is 20.9. The summed E-state index contributed by atoms with van der Waals surface area (Å²) in [6.45, 7) is 15.9. The number of nitrogens with zero attached hydrogens (tertiary/aromatic N) is 1. The lowest BCUT2D eigenvalue weighted by molar-refractivity contribution is -0.265. The highest BCUT2D eigenvalue weighted by atomic mass is 31.2. The zero-order valence-electron chi connectivity index (χ0n) is 43.4. The molecule has 3 aliphatic heterocycles. The van der Waals surface area contributed by atoms with Crippen LogP contribution in [-0.2, 0) is 56.7 Å². The summed E-state index contributed by atoms with van der Waals surface area (Å²) in [6.07, 6.45) is 11.4. The molecule has 0 radical (unpaired) electrons. The van der Waals surface area contributed by atoms with Gasteiger partial charge < -0.3 is 43.3 Å². The predicted octanol–water partition coefficient (Wildman–Crippen LogP) is 7.74. The molecule has 3 heterocycles. The minimum Gasteiger partial charge on any atom is -0.460 e. The number of carbonyl (C=O) groups excluding carboxylic acids is 5. The molecule has 2 saturated heterocycles. The van der Waals surface area contributed by atoms with Gasteiger partial charge in [0.05, 0.1) is 24.4 Å². The van der Waals surface area contributed by atoms with Gasteiger partial charge in [-0.05, 0) is 107 Å². The van der Waals surface area contributed by atoms with Crippen LogP contribution in [0.3, 0.4) is 0 Å². The second-order valence-corrected chi connectivity index (χ2v) is 23.6. The molecule has 11 unspecified atom stereocenters. The first-order chi connectivity index (χ1) is 32.4. The molecule has 1 aliphatic carbocycles. The number of esters is 1. The van der Waals surface area contributed by atoms with E-state index in [0.717, 1.165) is 12.0 Å². The molecule has 2 bridgehead atoms. The van der Waals surface area contributed by atoms with E-state index in [4.69, 9.17) is 28.2 Å². The van der Waals surface area contributed by atoms with Crippen molar-refractivity contribution in [1.82, 2.24) is 4.90 Å². The molecule has 16 heteroatoms. The second kappa shape index (κ2) is 26.5. The van der Waals surface area contributed by atoms with Gasteiger partial charge in [-0.3, -0.25) is 23.7 Å². The van der Waals surface area contributed by atoms with Crippen molar-refractivity contribution in [2.75, 3.05) is 41.2 Å². The van der Waals surface area contributed by atoms with E-state index < -0.39 is 85.1 Å². The van der Waals surface area contributed by atoms with Gasteiger partial charge in [-0.2, -0.15) is 0 Å². The van der Waals surface area contributed by atoms with E-state index in [-0.39, 0.29) is 60.9 Å². The third kappa shape index (κ3) is 16.2. The molecule has 69 heavy (non-hydrogen) atoms. The summed E-state index contributed by atoms with van der Waals surface area (Å²) in [7, 11) is 1.76. The number of piperidine rings is 1. The molecule has 0 aromatic heterocycles. The summed E-state index contributed by atoms with van der Waals surface area (Å²) < 4.78 is 48.2. The Morgan fingerprint density at radius 1 is 0.855 bits per heavy atom. The number of cyclic esters (lactones) is 1. The number of rotatable bonds is 8. The SMILES string of the molecule is COC1C[C@@H]2CCC(C)[C@@](O)(O2)C(=O)C(=O)N2CCCC[C@H]2C(=O)O[C@H](C(C)CC2CCC(OP(C)(C)=O)C(OC)C2)CC(=O)C(C)C=C(C)C(O)C(OC)C(=O)C(C)CC(C)C=CC=CC=C1C. The standard InChI is InChI=1S/C53H84NO14P/c1-32-18-14-13-15-19-33(2)44(63-8)30-40-23-21-38(7)53(61,67-40)50(58)51(59)54-25-17-16-20-41(54)52(60)66-45(35(4)28-39-22-24-43(46(29-39)64-9)68-69(11,12)62)31-42(55)34(3)27-37(6)48(57)49(65-10)47(56)36(5)26-32/h13-15,18-19,27,32,34-36,38-41,43-46,48-49,57,61H,16-17,20-26,28-31H2,1-12H3/t32?,34?,35?,36?,38?,39?,40-,41-,43?,44?,45-,46?,48?,49?,53+/m0/s1. The Balaban J connectivity index is 1.70. The molecule has 4 rings (SSSR count). The van der Waals surface area contributed by atoms with Crippen LogP contribution in [0.5, 0.6) is 0 Å². The smallest absolute Gasteiger partial charge is 0.329 e. The molecule has 0 aromatic rings. The maximum atomic E-state index is 14.5. The summed E-state index contributed by atoms with van der Waals surface area (Å²) >= 11 is 0. The summed E-state index contributed by atoms with van der Waals surface area (Å²) in [5.74, 6) is -8.11. The van der Waals surface area contributed by atoms with E-state index in [0.29, 0.717) is 63.4 Å². The third-order valence-electron chi connectivity index (χ3n) is 14.8. The van der Waals surface area contributed by atoms with Gasteiger partial charge in [0.15, 0.2) is 13.2 Å². The molecule has 0 spiro atoms. The van der Waals surface area contributed by atoms with Crippen molar-refractivity contribution < 1.29 is 67.0 Å². The molecular formula is C53H84NO14P. The highest BCUT2D eigenvalue weighted by molar-refractivity contribution is 7.57. The fourth-order valence-electron chi connectivity index (χ4n) is 10.5. The Bertz CT molecular complexity index is 1940. The number of hydrogen-bond acceptors (Lipinski definition) is 14. The number of aliphatic hydroxyl groups is 2. The number of hydrogen-bond donors (Lipinski definition) is 2. The van der Waals surface area contributed by atoms with Crippen LogP contribution < -0.4 is 0 Å². The third-order valence-corrected chi connectivity index (χ3v) is 15.6. The molecule has 15 nitrogen and oxygen atoms in total. The minimum atomic E-state index is -2.79. The van der Waals surface area contributed by atoms with E-state index in [1.165, 1.54) is 12.0 Å². The quantitative estimate of drug-likeness (QED) is 0.104. The molecule has 4 aliphatic rings. The lowest BCUT2D eigenvalue weighted by atomic mass is 9.78. The van der Waals surface area contributed by atoms with Gasteiger partial charge in [-0.1, -0.05) is 71.1 Å². The molecule has 1 amide bonds. The number of Topliss-reactive ketones (excluding diaryl/α,β-unsaturated/α-hetero) is 3. The number of ketones is 3.